The molecule has 6 aliphatic heterocycles. The molecule has 8 heterocycles. The van der Waals surface area contributed by atoms with Crippen molar-refractivity contribution in [2.45, 2.75) is 141 Å². The van der Waals surface area contributed by atoms with Gasteiger partial charge in [-0.15, -0.1) is 0 Å². The van der Waals surface area contributed by atoms with Crippen LogP contribution < -0.4 is 10.6 Å². The molecule has 60 heavy (non-hydrogen) atoms. The van der Waals surface area contributed by atoms with Crippen molar-refractivity contribution in [3.63, 3.8) is 0 Å². The average molecular weight is 817 g/mol. The first kappa shape index (κ1) is 42.7. The minimum atomic E-state index is -0.579. The minimum absolute atomic E-state index is 0.00141. The van der Waals surface area contributed by atoms with Crippen LogP contribution in [-0.4, -0.2) is 80.1 Å². The standard InChI is InChI=1S/C50H68N6O4/c1-3-33-31-55-27-23-35(33)29-43(55)49(59)39-21-25-51-47-37(39)15-13-17-41(47)53-45(57)19-11-9-7-5-6-8-10-12-20-46(58)54-42-18-14-16-38-40(22-26-52-48(38)42)50(60)44-30-36-24-28-56(44)32-34(36)4-2/h13-18,21-22,25-26,33-36,43-44,49-50,59-60H,3-12,19-20,23-24,27-32H2,1-2H3,(H,53,57)(H,54,58)/t33-,34+,35-,36+,43-,44-,49?,50?/m0/s1. The van der Waals surface area contributed by atoms with E-state index >= 15 is 0 Å². The lowest BCUT2D eigenvalue weighted by molar-refractivity contribution is -0.117. The molecule has 0 saturated carbocycles. The van der Waals surface area contributed by atoms with Crippen molar-refractivity contribution in [3.05, 3.63) is 72.1 Å². The van der Waals surface area contributed by atoms with Crippen molar-refractivity contribution in [1.29, 1.82) is 0 Å². The summed E-state index contributed by atoms with van der Waals surface area (Å²) in [5, 5.41) is 31.3. The molecule has 322 valence electrons. The Balaban J connectivity index is 0.721. The van der Waals surface area contributed by atoms with E-state index in [9.17, 15) is 19.8 Å². The van der Waals surface area contributed by atoms with Crippen LogP contribution in [0.4, 0.5) is 11.4 Å². The number of aliphatic hydroxyl groups is 2. The molecule has 4 bridgehead atoms. The monoisotopic (exact) mass is 817 g/mol. The number of pyridine rings is 2. The average Bonchev–Trinajstić information content (AvgIpc) is 3.29. The number of aliphatic hydroxyl groups excluding tert-OH is 2. The van der Waals surface area contributed by atoms with Crippen LogP contribution in [0, 0.1) is 23.7 Å². The Labute approximate surface area is 356 Å². The fraction of sp³-hybridized carbons (Fsp3) is 0.600. The molecule has 2 amide bonds. The summed E-state index contributed by atoms with van der Waals surface area (Å²) in [5.74, 6) is 2.87. The summed E-state index contributed by atoms with van der Waals surface area (Å²) in [5.41, 5.74) is 4.69. The second kappa shape index (κ2) is 19.8. The third-order valence-electron chi connectivity index (χ3n) is 15.0. The van der Waals surface area contributed by atoms with E-state index in [0.717, 1.165) is 135 Å². The number of carbonyl (C=O) groups excluding carboxylic acids is 2. The third-order valence-corrected chi connectivity index (χ3v) is 15.0. The summed E-state index contributed by atoms with van der Waals surface area (Å²) in [4.78, 5) is 40.3. The fourth-order valence-electron chi connectivity index (χ4n) is 11.5. The van der Waals surface area contributed by atoms with Gasteiger partial charge in [-0.25, -0.2) is 0 Å². The van der Waals surface area contributed by atoms with Gasteiger partial charge in [0.25, 0.3) is 0 Å². The van der Waals surface area contributed by atoms with Crippen LogP contribution in [0.3, 0.4) is 0 Å². The summed E-state index contributed by atoms with van der Waals surface area (Å²) in [6, 6.07) is 15.9. The summed E-state index contributed by atoms with van der Waals surface area (Å²) in [7, 11) is 0. The molecule has 2 aromatic heterocycles. The Morgan fingerprint density at radius 1 is 0.633 bits per heavy atom. The Morgan fingerprint density at radius 3 is 1.43 bits per heavy atom. The molecule has 0 radical (unpaired) electrons. The van der Waals surface area contributed by atoms with E-state index < -0.39 is 12.2 Å². The molecule has 4 aromatic rings. The number of rotatable bonds is 19. The van der Waals surface area contributed by atoms with Gasteiger partial charge in [-0.2, -0.15) is 0 Å². The second-order valence-electron chi connectivity index (χ2n) is 18.5. The molecule has 6 fully saturated rings. The normalized spacial score (nSPS) is 26.9. The van der Waals surface area contributed by atoms with Gasteiger partial charge in [-0.05, 0) is 111 Å². The van der Waals surface area contributed by atoms with E-state index in [1.54, 1.807) is 12.4 Å². The molecular weight excluding hydrogens is 749 g/mol. The van der Waals surface area contributed by atoms with Gasteiger partial charge in [0.1, 0.15) is 0 Å². The molecule has 4 unspecified atom stereocenters. The third kappa shape index (κ3) is 9.42. The molecule has 10 nitrogen and oxygen atoms in total. The number of aromatic nitrogens is 2. The first-order valence-electron chi connectivity index (χ1n) is 23.5. The van der Waals surface area contributed by atoms with Crippen molar-refractivity contribution in [2.24, 2.45) is 23.7 Å². The number of fused-ring (bicyclic) bond motifs is 8. The van der Waals surface area contributed by atoms with E-state index in [4.69, 9.17) is 0 Å². The lowest BCUT2D eigenvalue weighted by Crippen LogP contribution is -2.55. The summed E-state index contributed by atoms with van der Waals surface area (Å²) >= 11 is 0. The van der Waals surface area contributed by atoms with Crippen molar-refractivity contribution in [3.8, 4) is 0 Å². The van der Waals surface area contributed by atoms with Crippen LogP contribution in [0.5, 0.6) is 0 Å². The number of amides is 2. The van der Waals surface area contributed by atoms with Gasteiger partial charge >= 0.3 is 0 Å². The SMILES string of the molecule is CC[C@@H]1CN2CC[C@@H]1C[C@H]2C(O)c1ccnc2c(NC(=O)CCCCCCCCCCC(=O)Nc3cccc4c(C(O)[C@@H]5C[C@@H]6CCN5C[C@@H]6CC)ccnc34)cccc12. The molecule has 0 aliphatic carbocycles. The van der Waals surface area contributed by atoms with Crippen molar-refractivity contribution < 1.29 is 19.8 Å². The van der Waals surface area contributed by atoms with Crippen LogP contribution in [0.15, 0.2) is 60.9 Å². The van der Waals surface area contributed by atoms with Crippen LogP contribution in [0.25, 0.3) is 21.8 Å². The molecule has 6 aliphatic rings. The Bertz CT molecular complexity index is 1950. The fourth-order valence-corrected chi connectivity index (χ4v) is 11.5. The highest BCUT2D eigenvalue weighted by Gasteiger charge is 2.44. The molecule has 6 saturated heterocycles. The number of hydrogen-bond donors (Lipinski definition) is 4. The number of unbranched alkanes of at least 4 members (excludes halogenated alkanes) is 7. The smallest absolute Gasteiger partial charge is 0.224 e. The number of anilines is 2. The van der Waals surface area contributed by atoms with Crippen molar-refractivity contribution in [2.75, 3.05) is 36.8 Å². The highest BCUT2D eigenvalue weighted by Crippen LogP contribution is 2.44. The Kier molecular flexibility index (Phi) is 14.1. The number of carbonyl (C=O) groups is 2. The molecule has 4 N–H and O–H groups in total. The van der Waals surface area contributed by atoms with Gasteiger partial charge in [0.05, 0.1) is 34.6 Å². The maximum Gasteiger partial charge on any atom is 0.224 e. The number of piperidine rings is 6. The molecular formula is C50H68N6O4. The van der Waals surface area contributed by atoms with Crippen LogP contribution in [0.1, 0.15) is 140 Å². The Morgan fingerprint density at radius 2 is 1.05 bits per heavy atom. The topological polar surface area (TPSA) is 131 Å². The van der Waals surface area contributed by atoms with E-state index in [2.05, 4.69) is 44.2 Å². The van der Waals surface area contributed by atoms with Gasteiger partial charge < -0.3 is 20.8 Å². The number of hydrogen-bond acceptors (Lipinski definition) is 8. The first-order chi connectivity index (χ1) is 29.3. The minimum Gasteiger partial charge on any atom is -0.387 e. The van der Waals surface area contributed by atoms with E-state index in [1.165, 1.54) is 25.7 Å². The Hall–Kier alpha value is -3.96. The number of nitrogens with zero attached hydrogens (tertiary/aromatic N) is 4. The van der Waals surface area contributed by atoms with E-state index in [1.807, 2.05) is 48.5 Å². The second-order valence-corrected chi connectivity index (χ2v) is 18.5. The maximum absolute atomic E-state index is 13.0. The van der Waals surface area contributed by atoms with Crippen LogP contribution in [-0.2, 0) is 9.59 Å². The van der Waals surface area contributed by atoms with Crippen LogP contribution >= 0.6 is 0 Å². The van der Waals surface area contributed by atoms with Gasteiger partial charge in [0.2, 0.25) is 11.8 Å². The van der Waals surface area contributed by atoms with Gasteiger partial charge in [0.15, 0.2) is 0 Å². The lowest BCUT2D eigenvalue weighted by Gasteiger charge is -2.51. The van der Waals surface area contributed by atoms with Crippen LogP contribution in [0.2, 0.25) is 0 Å². The zero-order valence-corrected chi connectivity index (χ0v) is 36.0. The highest BCUT2D eigenvalue weighted by atomic mass is 16.3. The van der Waals surface area contributed by atoms with Gasteiger partial charge in [0, 0.05) is 61.2 Å². The summed E-state index contributed by atoms with van der Waals surface area (Å²) in [6.07, 6.45) is 18.4. The van der Waals surface area contributed by atoms with Gasteiger partial charge in [-0.3, -0.25) is 29.4 Å². The zero-order valence-electron chi connectivity index (χ0n) is 36.0. The molecule has 0 spiro atoms. The predicted octanol–water partition coefficient (Wildman–Crippen LogP) is 9.57. The van der Waals surface area contributed by atoms with Crippen molar-refractivity contribution >= 4 is 45.0 Å². The largest absolute Gasteiger partial charge is 0.387 e. The predicted molar refractivity (Wildman–Crippen MR) is 241 cm³/mol. The highest BCUT2D eigenvalue weighted by molar-refractivity contribution is 6.02. The number of nitrogens with one attached hydrogen (secondary N) is 2. The number of benzene rings is 2. The maximum atomic E-state index is 13.0. The summed E-state index contributed by atoms with van der Waals surface area (Å²) in [6.45, 7) is 8.85. The number of para-hydroxylation sites is 2. The quantitative estimate of drug-likeness (QED) is 0.0689. The molecule has 2 aromatic carbocycles. The molecule has 10 rings (SSSR count). The van der Waals surface area contributed by atoms with Crippen molar-refractivity contribution in [1.82, 2.24) is 19.8 Å². The van der Waals surface area contributed by atoms with E-state index in [-0.39, 0.29) is 23.9 Å². The molecule has 10 atom stereocenters. The molecule has 10 heteroatoms. The van der Waals surface area contributed by atoms with E-state index in [0.29, 0.717) is 36.1 Å². The summed E-state index contributed by atoms with van der Waals surface area (Å²) < 4.78 is 0. The lowest BCUT2D eigenvalue weighted by atomic mass is 9.72. The van der Waals surface area contributed by atoms with Gasteiger partial charge in [-0.1, -0.05) is 89.5 Å². The zero-order chi connectivity index (χ0) is 41.6. The first-order valence-corrected chi connectivity index (χ1v) is 23.5.